The van der Waals surface area contributed by atoms with Gasteiger partial charge in [0.15, 0.2) is 5.76 Å². The molecule has 33 heavy (non-hydrogen) atoms. The molecule has 0 fully saturated rings. The van der Waals surface area contributed by atoms with Crippen LogP contribution in [-0.2, 0) is 13.0 Å². The molecule has 0 radical (unpaired) electrons. The minimum absolute atomic E-state index is 0.190. The van der Waals surface area contributed by atoms with Crippen molar-refractivity contribution in [1.29, 1.82) is 0 Å². The van der Waals surface area contributed by atoms with Crippen molar-refractivity contribution < 1.29 is 14.3 Å². The second kappa shape index (κ2) is 9.03. The van der Waals surface area contributed by atoms with Gasteiger partial charge in [-0.2, -0.15) is 0 Å². The van der Waals surface area contributed by atoms with Gasteiger partial charge < -0.3 is 9.47 Å². The molecule has 2 heterocycles. The monoisotopic (exact) mass is 499 g/mol. The number of benzene rings is 3. The van der Waals surface area contributed by atoms with Gasteiger partial charge in [0.2, 0.25) is 5.78 Å². The first-order chi connectivity index (χ1) is 15.9. The Balaban J connectivity index is 1.38. The lowest BCUT2D eigenvalue weighted by Crippen LogP contribution is -2.34. The number of Topliss-reactive ketones (excluding diaryl/α,β-unsaturated/α-hetero) is 1. The van der Waals surface area contributed by atoms with Gasteiger partial charge in [0.1, 0.15) is 18.2 Å². The molecule has 0 atom stereocenters. The van der Waals surface area contributed by atoms with Crippen LogP contribution >= 0.6 is 34.8 Å². The zero-order valence-electron chi connectivity index (χ0n) is 17.8. The van der Waals surface area contributed by atoms with Gasteiger partial charge in [0.25, 0.3) is 0 Å². The van der Waals surface area contributed by atoms with Crippen molar-refractivity contribution in [3.05, 3.63) is 97.2 Å². The van der Waals surface area contributed by atoms with Crippen molar-refractivity contribution in [1.82, 2.24) is 4.90 Å². The summed E-state index contributed by atoms with van der Waals surface area (Å²) in [7, 11) is 0. The summed E-state index contributed by atoms with van der Waals surface area (Å²) in [5, 5.41) is 1.64. The molecule has 2 aliphatic rings. The minimum atomic E-state index is -0.190. The number of allylic oxidation sites excluding steroid dienone is 1. The predicted molar refractivity (Wildman–Crippen MR) is 132 cm³/mol. The van der Waals surface area contributed by atoms with E-state index in [-0.39, 0.29) is 11.5 Å². The number of rotatable bonds is 4. The number of nitrogens with zero attached hydrogens (tertiary/aromatic N) is 1. The van der Waals surface area contributed by atoms with E-state index in [9.17, 15) is 4.79 Å². The van der Waals surface area contributed by atoms with E-state index in [2.05, 4.69) is 4.90 Å². The van der Waals surface area contributed by atoms with Crippen LogP contribution in [0.2, 0.25) is 15.1 Å². The van der Waals surface area contributed by atoms with Crippen molar-refractivity contribution in [3.63, 3.8) is 0 Å². The summed E-state index contributed by atoms with van der Waals surface area (Å²) < 4.78 is 12.0. The van der Waals surface area contributed by atoms with Crippen LogP contribution < -0.4 is 9.47 Å². The van der Waals surface area contributed by atoms with Crippen molar-refractivity contribution >= 4 is 46.7 Å². The summed E-state index contributed by atoms with van der Waals surface area (Å²) in [6.07, 6.45) is 2.48. The van der Waals surface area contributed by atoms with E-state index >= 15 is 0 Å². The van der Waals surface area contributed by atoms with Crippen molar-refractivity contribution in [3.8, 4) is 11.5 Å². The first kappa shape index (κ1) is 22.3. The summed E-state index contributed by atoms with van der Waals surface area (Å²) in [4.78, 5) is 15.3. The van der Waals surface area contributed by atoms with Crippen LogP contribution in [0.5, 0.6) is 11.5 Å². The van der Waals surface area contributed by atoms with Crippen LogP contribution in [0.1, 0.15) is 32.6 Å². The van der Waals surface area contributed by atoms with E-state index in [1.54, 1.807) is 24.3 Å². The molecule has 0 bridgehead atoms. The third kappa shape index (κ3) is 4.36. The summed E-state index contributed by atoms with van der Waals surface area (Å²) in [6, 6.07) is 15.0. The molecule has 168 valence electrons. The van der Waals surface area contributed by atoms with Crippen LogP contribution in [0.15, 0.2) is 54.3 Å². The summed E-state index contributed by atoms with van der Waals surface area (Å²) in [6.45, 7) is 3.92. The molecule has 5 rings (SSSR count). The van der Waals surface area contributed by atoms with Gasteiger partial charge in [-0.15, -0.1) is 0 Å². The number of hydrogen-bond acceptors (Lipinski definition) is 4. The Labute approximate surface area is 207 Å². The van der Waals surface area contributed by atoms with Crippen LogP contribution in [-0.4, -0.2) is 24.0 Å². The Morgan fingerprint density at radius 2 is 1.76 bits per heavy atom. The highest BCUT2D eigenvalue weighted by molar-refractivity contribution is 6.37. The highest BCUT2D eigenvalue weighted by atomic mass is 35.5. The lowest BCUT2D eigenvalue weighted by Gasteiger charge is -2.30. The fraction of sp³-hybridized carbons (Fsp3) is 0.192. The fourth-order valence-electron chi connectivity index (χ4n) is 4.16. The normalized spacial score (nSPS) is 16.4. The van der Waals surface area contributed by atoms with Crippen LogP contribution in [0.4, 0.5) is 0 Å². The second-order valence-electron chi connectivity index (χ2n) is 8.14. The molecule has 0 saturated heterocycles. The highest BCUT2D eigenvalue weighted by Crippen LogP contribution is 2.43. The van der Waals surface area contributed by atoms with E-state index in [1.165, 1.54) is 5.56 Å². The predicted octanol–water partition coefficient (Wildman–Crippen LogP) is 6.97. The first-order valence-corrected chi connectivity index (χ1v) is 11.7. The number of carbonyl (C=O) groups is 1. The first-order valence-electron chi connectivity index (χ1n) is 10.5. The van der Waals surface area contributed by atoms with E-state index in [4.69, 9.17) is 44.3 Å². The fourth-order valence-corrected chi connectivity index (χ4v) is 4.79. The molecule has 4 nitrogen and oxygen atoms in total. The van der Waals surface area contributed by atoms with Gasteiger partial charge in [-0.1, -0.05) is 53.0 Å². The van der Waals surface area contributed by atoms with Gasteiger partial charge in [0, 0.05) is 44.8 Å². The van der Waals surface area contributed by atoms with Gasteiger partial charge in [-0.3, -0.25) is 9.69 Å². The highest BCUT2D eigenvalue weighted by Gasteiger charge is 2.33. The molecule has 0 unspecified atom stereocenters. The lowest BCUT2D eigenvalue weighted by atomic mass is 10.00. The second-order valence-corrected chi connectivity index (χ2v) is 9.39. The van der Waals surface area contributed by atoms with Crippen molar-refractivity contribution in [2.24, 2.45) is 0 Å². The SMILES string of the molecule is Cc1c2c(cc3c1O/C(=C\c1c(Cl)cccc1Cl)C3=O)CN(CCc1ccc(Cl)cc1)CO2. The van der Waals surface area contributed by atoms with Gasteiger partial charge >= 0.3 is 0 Å². The number of halogens is 3. The largest absolute Gasteiger partial charge is 0.477 e. The molecular weight excluding hydrogens is 481 g/mol. The molecule has 2 aliphatic heterocycles. The van der Waals surface area contributed by atoms with Crippen molar-refractivity contribution in [2.45, 2.75) is 19.9 Å². The maximum atomic E-state index is 13.1. The van der Waals surface area contributed by atoms with Crippen LogP contribution in [0.25, 0.3) is 6.08 Å². The molecule has 0 saturated carbocycles. The molecule has 0 N–H and O–H groups in total. The number of carbonyl (C=O) groups excluding carboxylic acids is 1. The zero-order valence-corrected chi connectivity index (χ0v) is 20.1. The third-order valence-electron chi connectivity index (χ3n) is 5.91. The van der Waals surface area contributed by atoms with E-state index in [0.717, 1.165) is 34.9 Å². The summed E-state index contributed by atoms with van der Waals surface area (Å²) >= 11 is 18.5. The zero-order chi connectivity index (χ0) is 23.1. The average Bonchev–Trinajstić information content (AvgIpc) is 3.11. The Morgan fingerprint density at radius 3 is 2.48 bits per heavy atom. The minimum Gasteiger partial charge on any atom is -0.477 e. The van der Waals surface area contributed by atoms with Gasteiger partial charge in [0.05, 0.1) is 5.56 Å². The van der Waals surface area contributed by atoms with Crippen LogP contribution in [0.3, 0.4) is 0 Å². The standard InChI is InChI=1S/C26H20Cl3NO3/c1-15-25-17(13-30(14-32-25)10-9-16-5-7-18(27)8-6-16)11-20-24(31)23(33-26(15)20)12-19-21(28)3-2-4-22(19)29/h2-8,11-12H,9-10,13-14H2,1H3/b23-12-. The quantitative estimate of drug-likeness (QED) is 0.363. The van der Waals surface area contributed by atoms with Crippen molar-refractivity contribution in [2.75, 3.05) is 13.3 Å². The van der Waals surface area contributed by atoms with Gasteiger partial charge in [-0.25, -0.2) is 0 Å². The third-order valence-corrected chi connectivity index (χ3v) is 6.82. The van der Waals surface area contributed by atoms with E-state index in [0.29, 0.717) is 40.2 Å². The Morgan fingerprint density at radius 1 is 1.03 bits per heavy atom. The molecule has 7 heteroatoms. The maximum Gasteiger partial charge on any atom is 0.231 e. The lowest BCUT2D eigenvalue weighted by molar-refractivity contribution is 0.0954. The summed E-state index contributed by atoms with van der Waals surface area (Å²) in [5.74, 6) is 1.32. The van der Waals surface area contributed by atoms with E-state index < -0.39 is 0 Å². The molecule has 3 aromatic rings. The number of fused-ring (bicyclic) bond motifs is 2. The maximum absolute atomic E-state index is 13.1. The topological polar surface area (TPSA) is 38.8 Å². The van der Waals surface area contributed by atoms with Gasteiger partial charge in [-0.05, 0) is 55.3 Å². The summed E-state index contributed by atoms with van der Waals surface area (Å²) in [5.41, 5.74) is 4.10. The molecular formula is C26H20Cl3NO3. The molecule has 0 aromatic heterocycles. The van der Waals surface area contributed by atoms with E-state index in [1.807, 2.05) is 37.3 Å². The number of ether oxygens (including phenoxy) is 2. The molecule has 3 aromatic carbocycles. The average molecular weight is 501 g/mol. The molecule has 0 amide bonds. The molecule has 0 aliphatic carbocycles. The number of ketones is 1. The molecule has 0 spiro atoms. The Hall–Kier alpha value is -2.50. The Kier molecular flexibility index (Phi) is 6.11. The van der Waals surface area contributed by atoms with Crippen LogP contribution in [0, 0.1) is 6.92 Å². The Bertz CT molecular complexity index is 1260. The number of hydrogen-bond donors (Lipinski definition) is 0. The smallest absolute Gasteiger partial charge is 0.231 e.